The van der Waals surface area contributed by atoms with Crippen molar-refractivity contribution >= 4 is 37.8 Å². The summed E-state index contributed by atoms with van der Waals surface area (Å²) in [6.45, 7) is 0. The number of hydrogen-bond acceptors (Lipinski definition) is 1. The van der Waals surface area contributed by atoms with Crippen LogP contribution in [0.5, 0.6) is 0 Å². The van der Waals surface area contributed by atoms with Crippen LogP contribution in [0, 0.1) is 0 Å². The molecule has 0 aliphatic carbocycles. The van der Waals surface area contributed by atoms with Gasteiger partial charge in [-0.1, -0.05) is 31.9 Å². The minimum atomic E-state index is -0.892. The van der Waals surface area contributed by atoms with Crippen LogP contribution in [0.1, 0.15) is 15.9 Å². The van der Waals surface area contributed by atoms with E-state index in [0.29, 0.717) is 10.9 Å². The lowest BCUT2D eigenvalue weighted by Crippen LogP contribution is -2.00. The molecule has 0 heterocycles. The van der Waals surface area contributed by atoms with Crippen LogP contribution in [-0.2, 0) is 5.33 Å². The number of carbonyl (C=O) groups is 1. The highest BCUT2D eigenvalue weighted by Gasteiger charge is 2.08. The van der Waals surface area contributed by atoms with E-state index in [-0.39, 0.29) is 0 Å². The molecular formula is C8H6Br2O2. The Labute approximate surface area is 86.9 Å². The third-order valence-electron chi connectivity index (χ3n) is 1.44. The maximum Gasteiger partial charge on any atom is 0.335 e. The smallest absolute Gasteiger partial charge is 0.335 e. The van der Waals surface area contributed by atoms with Gasteiger partial charge in [-0.2, -0.15) is 0 Å². The van der Waals surface area contributed by atoms with E-state index in [2.05, 4.69) is 31.9 Å². The molecule has 0 amide bonds. The fraction of sp³-hybridized carbons (Fsp3) is 0.125. The second kappa shape index (κ2) is 4.05. The first kappa shape index (κ1) is 9.74. The van der Waals surface area contributed by atoms with Crippen molar-refractivity contribution in [1.29, 1.82) is 0 Å². The number of aromatic carboxylic acids is 1. The number of carboxylic acids is 1. The predicted molar refractivity (Wildman–Crippen MR) is 53.7 cm³/mol. The number of hydrogen-bond donors (Lipinski definition) is 1. The largest absolute Gasteiger partial charge is 0.478 e. The number of halogens is 2. The van der Waals surface area contributed by atoms with E-state index in [9.17, 15) is 4.79 Å². The van der Waals surface area contributed by atoms with Gasteiger partial charge in [0.1, 0.15) is 0 Å². The first-order valence-corrected chi connectivity index (χ1v) is 5.14. The molecule has 0 unspecified atom stereocenters. The van der Waals surface area contributed by atoms with Crippen LogP contribution in [-0.4, -0.2) is 11.1 Å². The van der Waals surface area contributed by atoms with Crippen molar-refractivity contribution in [3.05, 3.63) is 33.8 Å². The molecule has 0 atom stereocenters. The molecule has 0 aliphatic heterocycles. The lowest BCUT2D eigenvalue weighted by molar-refractivity contribution is 0.0696. The Morgan fingerprint density at radius 2 is 2.17 bits per heavy atom. The standard InChI is InChI=1S/C8H6Br2O2/c9-4-5-3-6(10)1-2-7(5)8(11)12/h1-3H,4H2,(H,11,12). The van der Waals surface area contributed by atoms with Crippen LogP contribution in [0.4, 0.5) is 0 Å². The van der Waals surface area contributed by atoms with Gasteiger partial charge in [0.15, 0.2) is 0 Å². The molecule has 0 spiro atoms. The monoisotopic (exact) mass is 292 g/mol. The molecule has 2 nitrogen and oxygen atoms in total. The average molecular weight is 294 g/mol. The van der Waals surface area contributed by atoms with E-state index in [0.717, 1.165) is 10.0 Å². The normalized spacial score (nSPS) is 9.83. The maximum atomic E-state index is 10.7. The molecular weight excluding hydrogens is 288 g/mol. The summed E-state index contributed by atoms with van der Waals surface area (Å²) >= 11 is 6.50. The van der Waals surface area contributed by atoms with E-state index >= 15 is 0 Å². The summed E-state index contributed by atoms with van der Waals surface area (Å²) in [5.74, 6) is -0.892. The van der Waals surface area contributed by atoms with Gasteiger partial charge in [-0.15, -0.1) is 0 Å². The molecule has 1 aromatic carbocycles. The second-order valence-electron chi connectivity index (χ2n) is 2.24. The van der Waals surface area contributed by atoms with Crippen molar-refractivity contribution in [1.82, 2.24) is 0 Å². The van der Waals surface area contributed by atoms with Crippen LogP contribution in [0.2, 0.25) is 0 Å². The molecule has 0 bridgehead atoms. The zero-order chi connectivity index (χ0) is 9.14. The Morgan fingerprint density at radius 1 is 1.50 bits per heavy atom. The Bertz CT molecular complexity index is 310. The Balaban J connectivity index is 3.20. The molecule has 0 saturated heterocycles. The van der Waals surface area contributed by atoms with Gasteiger partial charge < -0.3 is 5.11 Å². The third-order valence-corrected chi connectivity index (χ3v) is 2.54. The van der Waals surface area contributed by atoms with Crippen LogP contribution in [0.15, 0.2) is 22.7 Å². The summed E-state index contributed by atoms with van der Waals surface area (Å²) in [5.41, 5.74) is 1.12. The Morgan fingerprint density at radius 3 is 2.67 bits per heavy atom. The van der Waals surface area contributed by atoms with Gasteiger partial charge in [0.05, 0.1) is 5.56 Å². The molecule has 4 heteroatoms. The van der Waals surface area contributed by atoms with E-state index in [1.54, 1.807) is 18.2 Å². The quantitative estimate of drug-likeness (QED) is 0.851. The van der Waals surface area contributed by atoms with E-state index in [1.807, 2.05) is 0 Å². The Hall–Kier alpha value is -0.350. The minimum Gasteiger partial charge on any atom is -0.478 e. The van der Waals surface area contributed by atoms with Gasteiger partial charge in [-0.25, -0.2) is 4.79 Å². The fourth-order valence-corrected chi connectivity index (χ4v) is 1.75. The van der Waals surface area contributed by atoms with Crippen LogP contribution >= 0.6 is 31.9 Å². The fourth-order valence-electron chi connectivity index (χ4n) is 0.881. The molecule has 0 aromatic heterocycles. The maximum absolute atomic E-state index is 10.7. The first-order valence-electron chi connectivity index (χ1n) is 3.23. The highest BCUT2D eigenvalue weighted by molar-refractivity contribution is 9.10. The summed E-state index contributed by atoms with van der Waals surface area (Å²) in [5, 5.41) is 9.30. The number of carboxylic acid groups (broad SMARTS) is 1. The average Bonchev–Trinajstić information content (AvgIpc) is 2.03. The molecule has 0 radical (unpaired) electrons. The lowest BCUT2D eigenvalue weighted by Gasteiger charge is -2.01. The number of alkyl halides is 1. The molecule has 12 heavy (non-hydrogen) atoms. The molecule has 1 N–H and O–H groups in total. The van der Waals surface area contributed by atoms with Crippen molar-refractivity contribution < 1.29 is 9.90 Å². The summed E-state index contributed by atoms with van der Waals surface area (Å²) in [6.07, 6.45) is 0. The highest BCUT2D eigenvalue weighted by atomic mass is 79.9. The van der Waals surface area contributed by atoms with Crippen molar-refractivity contribution in [2.75, 3.05) is 0 Å². The van der Waals surface area contributed by atoms with Crippen molar-refractivity contribution in [3.63, 3.8) is 0 Å². The zero-order valence-electron chi connectivity index (χ0n) is 6.05. The van der Waals surface area contributed by atoms with E-state index in [1.165, 1.54) is 0 Å². The van der Waals surface area contributed by atoms with Gasteiger partial charge in [0.25, 0.3) is 0 Å². The third kappa shape index (κ3) is 2.08. The Kier molecular flexibility index (Phi) is 3.29. The van der Waals surface area contributed by atoms with Crippen molar-refractivity contribution in [3.8, 4) is 0 Å². The van der Waals surface area contributed by atoms with Crippen LogP contribution < -0.4 is 0 Å². The summed E-state index contributed by atoms with van der Waals surface area (Å²) in [4.78, 5) is 10.7. The molecule has 1 aromatic rings. The van der Waals surface area contributed by atoms with Gasteiger partial charge in [-0.05, 0) is 23.8 Å². The van der Waals surface area contributed by atoms with Crippen molar-refractivity contribution in [2.24, 2.45) is 0 Å². The zero-order valence-corrected chi connectivity index (χ0v) is 9.22. The SMILES string of the molecule is O=C(O)c1ccc(Br)cc1CBr. The minimum absolute atomic E-state index is 0.343. The first-order chi connectivity index (χ1) is 5.65. The number of rotatable bonds is 2. The molecule has 0 aliphatic rings. The molecule has 64 valence electrons. The lowest BCUT2D eigenvalue weighted by atomic mass is 10.1. The van der Waals surface area contributed by atoms with Gasteiger partial charge in [0, 0.05) is 9.80 Å². The second-order valence-corrected chi connectivity index (χ2v) is 3.72. The summed E-state index contributed by atoms with van der Waals surface area (Å²) < 4.78 is 0.891. The topological polar surface area (TPSA) is 37.3 Å². The van der Waals surface area contributed by atoms with Gasteiger partial charge in [-0.3, -0.25) is 0 Å². The van der Waals surface area contributed by atoms with E-state index < -0.39 is 5.97 Å². The van der Waals surface area contributed by atoms with Crippen LogP contribution in [0.25, 0.3) is 0 Å². The van der Waals surface area contributed by atoms with Gasteiger partial charge in [0.2, 0.25) is 0 Å². The molecule has 0 saturated carbocycles. The van der Waals surface area contributed by atoms with Gasteiger partial charge >= 0.3 is 5.97 Å². The summed E-state index contributed by atoms with van der Waals surface area (Å²) in [6, 6.07) is 5.09. The van der Waals surface area contributed by atoms with Crippen LogP contribution in [0.3, 0.4) is 0 Å². The predicted octanol–water partition coefficient (Wildman–Crippen LogP) is 3.04. The summed E-state index contributed by atoms with van der Waals surface area (Å²) in [7, 11) is 0. The van der Waals surface area contributed by atoms with E-state index in [4.69, 9.17) is 5.11 Å². The highest BCUT2D eigenvalue weighted by Crippen LogP contribution is 2.18. The van der Waals surface area contributed by atoms with Crippen molar-refractivity contribution in [2.45, 2.75) is 5.33 Å². The number of benzene rings is 1. The molecule has 0 fully saturated rings. The molecule has 1 rings (SSSR count).